The summed E-state index contributed by atoms with van der Waals surface area (Å²) in [7, 11) is 0. The van der Waals surface area contributed by atoms with E-state index in [1.165, 1.54) is 5.39 Å². The van der Waals surface area contributed by atoms with Crippen LogP contribution in [0, 0.1) is 11.3 Å². The minimum absolute atomic E-state index is 0.611. The number of nitrogens with zero attached hydrogens (tertiary/aromatic N) is 4. The van der Waals surface area contributed by atoms with Gasteiger partial charge in [0.05, 0.1) is 34.1 Å². The standard InChI is InChI=1S/C41H26N4/c42-27-32-21-20-31(25-35(32)28-12-4-1-5-13-28)41-43-37(29-14-6-2-7-15-29)26-38(44-41)30-22-23-40-36(24-30)34-18-10-11-19-39(34)45(40)33-16-8-3-9-17-33/h1-26H. The zero-order chi connectivity index (χ0) is 30.2. The molecule has 0 aliphatic rings. The summed E-state index contributed by atoms with van der Waals surface area (Å²) in [6.07, 6.45) is 0. The molecule has 2 heterocycles. The van der Waals surface area contributed by atoms with E-state index in [0.29, 0.717) is 11.4 Å². The van der Waals surface area contributed by atoms with Crippen LogP contribution in [-0.4, -0.2) is 14.5 Å². The molecule has 0 spiro atoms. The molecular formula is C41H26N4. The predicted octanol–water partition coefficient (Wildman–Crippen LogP) is 10.1. The molecule has 0 N–H and O–H groups in total. The third-order valence-corrected chi connectivity index (χ3v) is 8.26. The van der Waals surface area contributed by atoms with E-state index in [0.717, 1.165) is 61.3 Å². The van der Waals surface area contributed by atoms with E-state index in [4.69, 9.17) is 9.97 Å². The number of benzene rings is 6. The van der Waals surface area contributed by atoms with Gasteiger partial charge in [0.15, 0.2) is 5.82 Å². The molecule has 45 heavy (non-hydrogen) atoms. The fourth-order valence-electron chi connectivity index (χ4n) is 6.11. The fraction of sp³-hybridized carbons (Fsp3) is 0. The van der Waals surface area contributed by atoms with E-state index >= 15 is 0 Å². The lowest BCUT2D eigenvalue weighted by molar-refractivity contribution is 1.18. The minimum Gasteiger partial charge on any atom is -0.309 e. The highest BCUT2D eigenvalue weighted by Crippen LogP contribution is 2.36. The van der Waals surface area contributed by atoms with Crippen molar-refractivity contribution in [3.63, 3.8) is 0 Å². The number of aromatic nitrogens is 3. The molecule has 0 bridgehead atoms. The lowest BCUT2D eigenvalue weighted by Gasteiger charge is -2.12. The van der Waals surface area contributed by atoms with Gasteiger partial charge < -0.3 is 4.57 Å². The first-order chi connectivity index (χ1) is 22.3. The number of hydrogen-bond acceptors (Lipinski definition) is 3. The Morgan fingerprint density at radius 1 is 0.467 bits per heavy atom. The van der Waals surface area contributed by atoms with Crippen molar-refractivity contribution in [3.05, 3.63) is 163 Å². The average molecular weight is 575 g/mol. The molecule has 6 aromatic carbocycles. The van der Waals surface area contributed by atoms with Gasteiger partial charge in [0, 0.05) is 38.7 Å². The molecule has 8 aromatic rings. The van der Waals surface area contributed by atoms with Gasteiger partial charge in [0.25, 0.3) is 0 Å². The molecular weight excluding hydrogens is 548 g/mol. The zero-order valence-corrected chi connectivity index (χ0v) is 24.3. The average Bonchev–Trinajstić information content (AvgIpc) is 3.46. The first-order valence-corrected chi connectivity index (χ1v) is 14.9. The van der Waals surface area contributed by atoms with E-state index in [1.807, 2.05) is 72.8 Å². The highest BCUT2D eigenvalue weighted by atomic mass is 15.0. The van der Waals surface area contributed by atoms with E-state index in [9.17, 15) is 5.26 Å². The van der Waals surface area contributed by atoms with Crippen LogP contribution >= 0.6 is 0 Å². The number of para-hydroxylation sites is 2. The first-order valence-electron chi connectivity index (χ1n) is 14.9. The van der Waals surface area contributed by atoms with Crippen LogP contribution in [0.4, 0.5) is 0 Å². The summed E-state index contributed by atoms with van der Waals surface area (Å²) < 4.78 is 2.32. The Bertz CT molecular complexity index is 2370. The van der Waals surface area contributed by atoms with Crippen molar-refractivity contribution in [1.29, 1.82) is 5.26 Å². The highest BCUT2D eigenvalue weighted by molar-refractivity contribution is 6.10. The second-order valence-corrected chi connectivity index (χ2v) is 11.0. The molecule has 0 saturated carbocycles. The van der Waals surface area contributed by atoms with E-state index in [2.05, 4.69) is 95.6 Å². The molecule has 0 aliphatic carbocycles. The van der Waals surface area contributed by atoms with E-state index in [-0.39, 0.29) is 0 Å². The Morgan fingerprint density at radius 3 is 1.80 bits per heavy atom. The van der Waals surface area contributed by atoms with Crippen molar-refractivity contribution >= 4 is 21.8 Å². The lowest BCUT2D eigenvalue weighted by atomic mass is 9.97. The Labute approximate surface area is 261 Å². The van der Waals surface area contributed by atoms with Crippen LogP contribution in [-0.2, 0) is 0 Å². The topological polar surface area (TPSA) is 54.5 Å². The zero-order valence-electron chi connectivity index (χ0n) is 24.3. The normalized spacial score (nSPS) is 11.1. The van der Waals surface area contributed by atoms with Gasteiger partial charge in [-0.15, -0.1) is 0 Å². The van der Waals surface area contributed by atoms with Crippen molar-refractivity contribution in [2.45, 2.75) is 0 Å². The van der Waals surface area contributed by atoms with Crippen LogP contribution < -0.4 is 0 Å². The monoisotopic (exact) mass is 574 g/mol. The van der Waals surface area contributed by atoms with Gasteiger partial charge in [0.2, 0.25) is 0 Å². The van der Waals surface area contributed by atoms with Crippen LogP contribution in [0.3, 0.4) is 0 Å². The molecule has 4 heteroatoms. The van der Waals surface area contributed by atoms with Gasteiger partial charge in [-0.05, 0) is 60.2 Å². The van der Waals surface area contributed by atoms with Gasteiger partial charge in [-0.2, -0.15) is 5.26 Å². The summed E-state index contributed by atoms with van der Waals surface area (Å²) in [5.74, 6) is 0.611. The van der Waals surface area contributed by atoms with Crippen molar-refractivity contribution < 1.29 is 0 Å². The Morgan fingerprint density at radius 2 is 1.07 bits per heavy atom. The molecule has 0 saturated heterocycles. The molecule has 4 nitrogen and oxygen atoms in total. The lowest BCUT2D eigenvalue weighted by Crippen LogP contribution is -1.97. The maximum atomic E-state index is 9.88. The molecule has 210 valence electrons. The molecule has 8 rings (SSSR count). The number of fused-ring (bicyclic) bond motifs is 3. The minimum atomic E-state index is 0.611. The maximum Gasteiger partial charge on any atom is 0.160 e. The summed E-state index contributed by atoms with van der Waals surface area (Å²) in [5, 5.41) is 12.2. The number of hydrogen-bond donors (Lipinski definition) is 0. The molecule has 0 amide bonds. The summed E-state index contributed by atoms with van der Waals surface area (Å²) in [6, 6.07) is 56.0. The highest BCUT2D eigenvalue weighted by Gasteiger charge is 2.16. The second-order valence-electron chi connectivity index (χ2n) is 11.0. The van der Waals surface area contributed by atoms with Gasteiger partial charge in [-0.25, -0.2) is 9.97 Å². The third kappa shape index (κ3) is 4.74. The number of rotatable bonds is 5. The molecule has 2 aromatic heterocycles. The summed E-state index contributed by atoms with van der Waals surface area (Å²) in [5.41, 5.74) is 10.4. The van der Waals surface area contributed by atoms with Gasteiger partial charge >= 0.3 is 0 Å². The van der Waals surface area contributed by atoms with Crippen LogP contribution in [0.5, 0.6) is 0 Å². The first kappa shape index (κ1) is 26.3. The predicted molar refractivity (Wildman–Crippen MR) is 183 cm³/mol. The number of nitriles is 1. The summed E-state index contributed by atoms with van der Waals surface area (Å²) in [6.45, 7) is 0. The summed E-state index contributed by atoms with van der Waals surface area (Å²) >= 11 is 0. The van der Waals surface area contributed by atoms with Gasteiger partial charge in [-0.1, -0.05) is 103 Å². The van der Waals surface area contributed by atoms with Crippen molar-refractivity contribution in [3.8, 4) is 56.8 Å². The molecule has 0 radical (unpaired) electrons. The molecule has 0 atom stereocenters. The molecule has 0 unspecified atom stereocenters. The Hall–Kier alpha value is -6.31. The van der Waals surface area contributed by atoms with Crippen LogP contribution in [0.1, 0.15) is 5.56 Å². The molecule has 0 fully saturated rings. The van der Waals surface area contributed by atoms with Crippen LogP contribution in [0.25, 0.3) is 72.5 Å². The third-order valence-electron chi connectivity index (χ3n) is 8.26. The largest absolute Gasteiger partial charge is 0.309 e. The smallest absolute Gasteiger partial charge is 0.160 e. The SMILES string of the molecule is N#Cc1ccc(-c2nc(-c3ccccc3)cc(-c3ccc4c(c3)c3ccccc3n4-c3ccccc3)n2)cc1-c1ccccc1. The maximum absolute atomic E-state index is 9.88. The van der Waals surface area contributed by atoms with Crippen molar-refractivity contribution in [2.75, 3.05) is 0 Å². The van der Waals surface area contributed by atoms with Crippen molar-refractivity contribution in [2.24, 2.45) is 0 Å². The van der Waals surface area contributed by atoms with E-state index in [1.54, 1.807) is 0 Å². The van der Waals surface area contributed by atoms with Crippen LogP contribution in [0.2, 0.25) is 0 Å². The van der Waals surface area contributed by atoms with E-state index < -0.39 is 0 Å². The quantitative estimate of drug-likeness (QED) is 0.205. The second kappa shape index (κ2) is 11.1. The van der Waals surface area contributed by atoms with Crippen LogP contribution in [0.15, 0.2) is 158 Å². The van der Waals surface area contributed by atoms with Crippen molar-refractivity contribution in [1.82, 2.24) is 14.5 Å². The van der Waals surface area contributed by atoms with Gasteiger partial charge in [-0.3, -0.25) is 0 Å². The summed E-state index contributed by atoms with van der Waals surface area (Å²) in [4.78, 5) is 10.2. The Kier molecular flexibility index (Phi) is 6.48. The molecule has 0 aliphatic heterocycles. The Balaban J connectivity index is 1.34. The van der Waals surface area contributed by atoms with Gasteiger partial charge in [0.1, 0.15) is 0 Å². The fourth-order valence-corrected chi connectivity index (χ4v) is 6.11.